The second-order valence-electron chi connectivity index (χ2n) is 5.34. The van der Waals surface area contributed by atoms with Crippen LogP contribution in [0, 0.1) is 5.82 Å². The van der Waals surface area contributed by atoms with Gasteiger partial charge in [0, 0.05) is 12.0 Å². The molecule has 20 heavy (non-hydrogen) atoms. The van der Waals surface area contributed by atoms with E-state index in [2.05, 4.69) is 24.3 Å². The van der Waals surface area contributed by atoms with Gasteiger partial charge in [0.25, 0.3) is 0 Å². The lowest BCUT2D eigenvalue weighted by atomic mass is 9.76. The summed E-state index contributed by atoms with van der Waals surface area (Å²) in [6, 6.07) is 15.7. The minimum Gasteiger partial charge on any atom is -0.327 e. The van der Waals surface area contributed by atoms with E-state index < -0.39 is 0 Å². The Balaban J connectivity index is 0.00000147. The highest BCUT2D eigenvalue weighted by atomic mass is 35.5. The van der Waals surface area contributed by atoms with Gasteiger partial charge in [-0.25, -0.2) is 4.39 Å². The zero-order chi connectivity index (χ0) is 13.2. The predicted molar refractivity (Wildman–Crippen MR) is 82.8 cm³/mol. The average molecular weight is 292 g/mol. The number of hydrogen-bond acceptors (Lipinski definition) is 1. The third-order valence-corrected chi connectivity index (χ3v) is 4.07. The van der Waals surface area contributed by atoms with Crippen LogP contribution in [0.15, 0.2) is 48.5 Å². The Kier molecular flexibility index (Phi) is 4.79. The van der Waals surface area contributed by atoms with E-state index in [4.69, 9.17) is 5.73 Å². The van der Waals surface area contributed by atoms with Crippen LogP contribution in [0.4, 0.5) is 4.39 Å². The van der Waals surface area contributed by atoms with E-state index >= 15 is 0 Å². The molecule has 0 aliphatic heterocycles. The predicted octanol–water partition coefficient (Wildman–Crippen LogP) is 3.85. The SMILES string of the molecule is Cl.NC1CCc2cc(F)ccc2C1Cc1ccccc1. The van der Waals surface area contributed by atoms with Gasteiger partial charge in [0.2, 0.25) is 0 Å². The first-order chi connectivity index (χ1) is 9.24. The molecule has 0 aromatic heterocycles. The molecule has 0 fully saturated rings. The second-order valence-corrected chi connectivity index (χ2v) is 5.34. The van der Waals surface area contributed by atoms with Crippen LogP contribution in [0.5, 0.6) is 0 Å². The minimum atomic E-state index is -0.146. The van der Waals surface area contributed by atoms with Gasteiger partial charge in [0.15, 0.2) is 0 Å². The third kappa shape index (κ3) is 3.02. The van der Waals surface area contributed by atoms with E-state index in [0.29, 0.717) is 5.92 Å². The van der Waals surface area contributed by atoms with Crippen LogP contribution < -0.4 is 5.73 Å². The van der Waals surface area contributed by atoms with E-state index in [-0.39, 0.29) is 24.3 Å². The molecule has 1 aliphatic carbocycles. The number of aryl methyl sites for hydroxylation is 1. The number of benzene rings is 2. The number of fused-ring (bicyclic) bond motifs is 1. The summed E-state index contributed by atoms with van der Waals surface area (Å²) in [5.41, 5.74) is 9.93. The molecular weight excluding hydrogens is 273 g/mol. The van der Waals surface area contributed by atoms with Crippen LogP contribution in [-0.4, -0.2) is 6.04 Å². The van der Waals surface area contributed by atoms with Crippen LogP contribution in [0.1, 0.15) is 29.0 Å². The molecule has 0 spiro atoms. The van der Waals surface area contributed by atoms with Crippen LogP contribution in [0.3, 0.4) is 0 Å². The zero-order valence-electron chi connectivity index (χ0n) is 11.3. The van der Waals surface area contributed by atoms with Crippen LogP contribution in [0.25, 0.3) is 0 Å². The topological polar surface area (TPSA) is 26.0 Å². The molecule has 2 atom stereocenters. The summed E-state index contributed by atoms with van der Waals surface area (Å²) >= 11 is 0. The number of hydrogen-bond donors (Lipinski definition) is 1. The van der Waals surface area contributed by atoms with Crippen LogP contribution >= 0.6 is 12.4 Å². The fourth-order valence-electron chi connectivity index (χ4n) is 3.04. The Morgan fingerprint density at radius 2 is 1.85 bits per heavy atom. The molecule has 2 aromatic rings. The highest BCUT2D eigenvalue weighted by Gasteiger charge is 2.27. The first-order valence-electron chi connectivity index (χ1n) is 6.82. The maximum atomic E-state index is 13.3. The summed E-state index contributed by atoms with van der Waals surface area (Å²) in [4.78, 5) is 0. The Labute approximate surface area is 125 Å². The fraction of sp³-hybridized carbons (Fsp3) is 0.294. The molecule has 3 rings (SSSR count). The fourth-order valence-corrected chi connectivity index (χ4v) is 3.04. The summed E-state index contributed by atoms with van der Waals surface area (Å²) in [6.45, 7) is 0. The van der Waals surface area contributed by atoms with Gasteiger partial charge in [-0.1, -0.05) is 36.4 Å². The van der Waals surface area contributed by atoms with Crippen molar-refractivity contribution in [2.24, 2.45) is 5.73 Å². The summed E-state index contributed by atoms with van der Waals surface area (Å²) < 4.78 is 13.3. The summed E-state index contributed by atoms with van der Waals surface area (Å²) in [6.07, 6.45) is 2.76. The van der Waals surface area contributed by atoms with Gasteiger partial charge in [0.1, 0.15) is 5.82 Å². The summed E-state index contributed by atoms with van der Waals surface area (Å²) in [7, 11) is 0. The lowest BCUT2D eigenvalue weighted by Gasteiger charge is -2.31. The molecule has 1 nitrogen and oxygen atoms in total. The van der Waals surface area contributed by atoms with Gasteiger partial charge < -0.3 is 5.73 Å². The lowest BCUT2D eigenvalue weighted by molar-refractivity contribution is 0.465. The quantitative estimate of drug-likeness (QED) is 0.894. The van der Waals surface area contributed by atoms with Gasteiger partial charge in [-0.05, 0) is 48.1 Å². The van der Waals surface area contributed by atoms with Crippen molar-refractivity contribution >= 4 is 12.4 Å². The van der Waals surface area contributed by atoms with Crippen molar-refractivity contribution in [2.45, 2.75) is 31.2 Å². The van der Waals surface area contributed by atoms with Gasteiger partial charge in [-0.3, -0.25) is 0 Å². The molecule has 0 saturated heterocycles. The van der Waals surface area contributed by atoms with Gasteiger partial charge in [-0.2, -0.15) is 0 Å². The minimum absolute atomic E-state index is 0. The van der Waals surface area contributed by atoms with E-state index in [1.165, 1.54) is 11.1 Å². The van der Waals surface area contributed by atoms with Crippen molar-refractivity contribution in [1.82, 2.24) is 0 Å². The normalized spacial score (nSPS) is 20.9. The summed E-state index contributed by atoms with van der Waals surface area (Å²) in [5.74, 6) is 0.152. The van der Waals surface area contributed by atoms with E-state index in [9.17, 15) is 4.39 Å². The highest BCUT2D eigenvalue weighted by Crippen LogP contribution is 2.33. The largest absolute Gasteiger partial charge is 0.327 e. The van der Waals surface area contributed by atoms with Crippen molar-refractivity contribution < 1.29 is 4.39 Å². The highest BCUT2D eigenvalue weighted by molar-refractivity contribution is 5.85. The lowest BCUT2D eigenvalue weighted by Crippen LogP contribution is -2.34. The molecule has 106 valence electrons. The number of halogens is 2. The second kappa shape index (κ2) is 6.38. The maximum Gasteiger partial charge on any atom is 0.123 e. The van der Waals surface area contributed by atoms with Gasteiger partial charge in [-0.15, -0.1) is 12.4 Å². The molecule has 1 aliphatic rings. The van der Waals surface area contributed by atoms with Crippen molar-refractivity contribution in [1.29, 1.82) is 0 Å². The van der Waals surface area contributed by atoms with Crippen LogP contribution in [0.2, 0.25) is 0 Å². The Bertz CT molecular complexity index is 570. The molecule has 2 N–H and O–H groups in total. The molecule has 2 aromatic carbocycles. The monoisotopic (exact) mass is 291 g/mol. The molecule has 0 heterocycles. The van der Waals surface area contributed by atoms with E-state index in [1.807, 2.05) is 12.1 Å². The maximum absolute atomic E-state index is 13.3. The Hall–Kier alpha value is -1.38. The average Bonchev–Trinajstić information content (AvgIpc) is 2.43. The van der Waals surface area contributed by atoms with Crippen molar-refractivity contribution in [3.8, 4) is 0 Å². The molecule has 0 bridgehead atoms. The van der Waals surface area contributed by atoms with E-state index in [1.54, 1.807) is 12.1 Å². The van der Waals surface area contributed by atoms with E-state index in [0.717, 1.165) is 24.8 Å². The molecular formula is C17H19ClFN. The molecule has 0 amide bonds. The third-order valence-electron chi connectivity index (χ3n) is 4.07. The van der Waals surface area contributed by atoms with Gasteiger partial charge >= 0.3 is 0 Å². The Morgan fingerprint density at radius 3 is 2.60 bits per heavy atom. The first kappa shape index (κ1) is 15.0. The standard InChI is InChI=1S/C17H18FN.ClH/c18-14-7-8-15-13(11-14)6-9-17(19)16(15)10-12-4-2-1-3-5-12;/h1-5,7-8,11,16-17H,6,9-10,19H2;1H. The van der Waals surface area contributed by atoms with Gasteiger partial charge in [0.05, 0.1) is 0 Å². The van der Waals surface area contributed by atoms with Crippen molar-refractivity contribution in [2.75, 3.05) is 0 Å². The Morgan fingerprint density at radius 1 is 1.10 bits per heavy atom. The zero-order valence-corrected chi connectivity index (χ0v) is 12.1. The smallest absolute Gasteiger partial charge is 0.123 e. The molecule has 2 unspecified atom stereocenters. The van der Waals surface area contributed by atoms with Crippen LogP contribution in [-0.2, 0) is 12.8 Å². The number of rotatable bonds is 2. The van der Waals surface area contributed by atoms with Crippen molar-refractivity contribution in [3.63, 3.8) is 0 Å². The molecule has 3 heteroatoms. The number of nitrogens with two attached hydrogens (primary N) is 1. The first-order valence-corrected chi connectivity index (χ1v) is 6.82. The molecule has 0 radical (unpaired) electrons. The van der Waals surface area contributed by atoms with Crippen molar-refractivity contribution in [3.05, 3.63) is 71.0 Å². The summed E-state index contributed by atoms with van der Waals surface area (Å²) in [5, 5.41) is 0. The molecule has 0 saturated carbocycles.